The lowest BCUT2D eigenvalue weighted by Crippen LogP contribution is -2.56. The number of nitrogens with zero attached hydrogens (tertiary/aromatic N) is 3. The van der Waals surface area contributed by atoms with Crippen LogP contribution in [0.4, 0.5) is 10.1 Å². The van der Waals surface area contributed by atoms with Crippen LogP contribution in [0.1, 0.15) is 26.7 Å². The summed E-state index contributed by atoms with van der Waals surface area (Å²) in [5.41, 5.74) is 1.22. The quantitative estimate of drug-likeness (QED) is 0.785. The fraction of sp³-hybridized carbons (Fsp3) is 0.500. The zero-order valence-corrected chi connectivity index (χ0v) is 14.4. The van der Waals surface area contributed by atoms with Crippen LogP contribution >= 0.6 is 11.3 Å². The van der Waals surface area contributed by atoms with E-state index in [1.54, 1.807) is 23.5 Å². The molecule has 1 aromatic heterocycles. The van der Waals surface area contributed by atoms with Gasteiger partial charge in [0.15, 0.2) is 0 Å². The van der Waals surface area contributed by atoms with E-state index in [1.165, 1.54) is 5.69 Å². The highest BCUT2D eigenvalue weighted by molar-refractivity contribution is 7.17. The Balaban J connectivity index is 1.76. The van der Waals surface area contributed by atoms with Gasteiger partial charge in [0, 0.05) is 47.1 Å². The molecular formula is C18H22FN3S. The second kappa shape index (κ2) is 6.86. The van der Waals surface area contributed by atoms with Gasteiger partial charge in [-0.25, -0.2) is 4.39 Å². The standard InChI is InChI=1S/C18H22FN3S/c1-13-10-21(11-14(2)22(13)8-4-3-7-20)17-12-23-18-9-15(19)5-6-16(17)18/h5-6,9,12-14H,3-4,8,10-11H2,1-2H3/t13-,14+. The Kier molecular flexibility index (Phi) is 4.84. The summed E-state index contributed by atoms with van der Waals surface area (Å²) in [5, 5.41) is 12.0. The van der Waals surface area contributed by atoms with Crippen molar-refractivity contribution in [2.24, 2.45) is 0 Å². The van der Waals surface area contributed by atoms with Crippen molar-refractivity contribution in [1.82, 2.24) is 4.90 Å². The van der Waals surface area contributed by atoms with E-state index in [2.05, 4.69) is 35.1 Å². The number of halogens is 1. The van der Waals surface area contributed by atoms with Crippen molar-refractivity contribution in [3.8, 4) is 6.07 Å². The van der Waals surface area contributed by atoms with Gasteiger partial charge in [-0.1, -0.05) is 0 Å². The van der Waals surface area contributed by atoms with Crippen LogP contribution in [0.3, 0.4) is 0 Å². The van der Waals surface area contributed by atoms with Crippen LogP contribution in [0, 0.1) is 17.1 Å². The van der Waals surface area contributed by atoms with Crippen LogP contribution in [-0.4, -0.2) is 36.6 Å². The van der Waals surface area contributed by atoms with Gasteiger partial charge in [0.25, 0.3) is 0 Å². The number of unbranched alkanes of at least 4 members (excludes halogenated alkanes) is 1. The summed E-state index contributed by atoms with van der Waals surface area (Å²) in [6, 6.07) is 8.19. The third-order valence-corrected chi connectivity index (χ3v) is 5.60. The summed E-state index contributed by atoms with van der Waals surface area (Å²) < 4.78 is 14.4. The molecule has 23 heavy (non-hydrogen) atoms. The fourth-order valence-electron chi connectivity index (χ4n) is 3.57. The minimum atomic E-state index is -0.171. The number of hydrogen-bond donors (Lipinski definition) is 0. The lowest BCUT2D eigenvalue weighted by Gasteiger charge is -2.45. The van der Waals surface area contributed by atoms with E-state index < -0.39 is 0 Å². The Morgan fingerprint density at radius 3 is 2.74 bits per heavy atom. The molecule has 1 saturated heterocycles. The maximum absolute atomic E-state index is 13.4. The van der Waals surface area contributed by atoms with Crippen LogP contribution < -0.4 is 4.90 Å². The number of anilines is 1. The van der Waals surface area contributed by atoms with Crippen molar-refractivity contribution in [2.75, 3.05) is 24.5 Å². The van der Waals surface area contributed by atoms with Crippen molar-refractivity contribution in [3.63, 3.8) is 0 Å². The Bertz CT molecular complexity index is 709. The highest BCUT2D eigenvalue weighted by Gasteiger charge is 2.30. The highest BCUT2D eigenvalue weighted by Crippen LogP contribution is 2.35. The molecule has 3 nitrogen and oxygen atoms in total. The SMILES string of the molecule is C[C@@H]1CN(c2csc3cc(F)ccc23)C[C@H](C)N1CCCC#N. The number of piperazine rings is 1. The van der Waals surface area contributed by atoms with E-state index in [1.807, 2.05) is 6.07 Å². The van der Waals surface area contributed by atoms with Crippen molar-refractivity contribution in [3.05, 3.63) is 29.4 Å². The molecule has 0 amide bonds. The minimum absolute atomic E-state index is 0.171. The Labute approximate surface area is 140 Å². The van der Waals surface area contributed by atoms with Crippen LogP contribution in [-0.2, 0) is 0 Å². The maximum Gasteiger partial charge on any atom is 0.124 e. The lowest BCUT2D eigenvalue weighted by molar-refractivity contribution is 0.131. The predicted molar refractivity (Wildman–Crippen MR) is 94.5 cm³/mol. The first-order chi connectivity index (χ1) is 11.1. The van der Waals surface area contributed by atoms with Gasteiger partial charge in [0.05, 0.1) is 11.8 Å². The van der Waals surface area contributed by atoms with Gasteiger partial charge in [-0.05, 0) is 45.0 Å². The van der Waals surface area contributed by atoms with Crippen LogP contribution in [0.25, 0.3) is 10.1 Å². The molecule has 2 heterocycles. The number of benzene rings is 1. The summed E-state index contributed by atoms with van der Waals surface area (Å²) in [6.07, 6.45) is 1.56. The smallest absolute Gasteiger partial charge is 0.124 e. The van der Waals surface area contributed by atoms with Gasteiger partial charge in [-0.2, -0.15) is 5.26 Å². The van der Waals surface area contributed by atoms with Crippen LogP contribution in [0.15, 0.2) is 23.6 Å². The molecular weight excluding hydrogens is 309 g/mol. The first kappa shape index (κ1) is 16.2. The van der Waals surface area contributed by atoms with Crippen molar-refractivity contribution in [1.29, 1.82) is 5.26 Å². The molecule has 5 heteroatoms. The summed E-state index contributed by atoms with van der Waals surface area (Å²) in [6.45, 7) is 7.44. The maximum atomic E-state index is 13.4. The zero-order valence-electron chi connectivity index (χ0n) is 13.6. The van der Waals surface area contributed by atoms with E-state index in [4.69, 9.17) is 5.26 Å². The lowest BCUT2D eigenvalue weighted by atomic mass is 10.1. The fourth-order valence-corrected chi connectivity index (χ4v) is 4.56. The molecule has 0 aliphatic carbocycles. The molecule has 0 N–H and O–H groups in total. The van der Waals surface area contributed by atoms with Gasteiger partial charge >= 0.3 is 0 Å². The Morgan fingerprint density at radius 1 is 1.30 bits per heavy atom. The monoisotopic (exact) mass is 331 g/mol. The normalized spacial score (nSPS) is 22.4. The van der Waals surface area contributed by atoms with Gasteiger partial charge in [-0.15, -0.1) is 11.3 Å². The van der Waals surface area contributed by atoms with Gasteiger partial charge in [0.2, 0.25) is 0 Å². The average Bonchev–Trinajstić information content (AvgIpc) is 2.92. The molecule has 0 bridgehead atoms. The summed E-state index contributed by atoms with van der Waals surface area (Å²) in [7, 11) is 0. The van der Waals surface area contributed by atoms with Crippen LogP contribution in [0.5, 0.6) is 0 Å². The minimum Gasteiger partial charge on any atom is -0.367 e. The number of nitriles is 1. The summed E-state index contributed by atoms with van der Waals surface area (Å²) in [5.74, 6) is -0.171. The van der Waals surface area contributed by atoms with E-state index >= 15 is 0 Å². The van der Waals surface area contributed by atoms with Crippen LogP contribution in [0.2, 0.25) is 0 Å². The molecule has 2 aromatic rings. The topological polar surface area (TPSA) is 30.3 Å². The third-order valence-electron chi connectivity index (χ3n) is 4.66. The molecule has 3 rings (SSSR count). The molecule has 0 saturated carbocycles. The average molecular weight is 331 g/mol. The molecule has 1 aromatic carbocycles. The predicted octanol–water partition coefficient (Wildman–Crippen LogP) is 4.24. The molecule has 0 spiro atoms. The van der Waals surface area contributed by atoms with Crippen molar-refractivity contribution < 1.29 is 4.39 Å². The van der Waals surface area contributed by atoms with Gasteiger partial charge in [-0.3, -0.25) is 4.90 Å². The van der Waals surface area contributed by atoms with E-state index in [9.17, 15) is 4.39 Å². The molecule has 0 unspecified atom stereocenters. The number of hydrogen-bond acceptors (Lipinski definition) is 4. The van der Waals surface area contributed by atoms with E-state index in [0.29, 0.717) is 18.5 Å². The summed E-state index contributed by atoms with van der Waals surface area (Å²) >= 11 is 1.61. The Morgan fingerprint density at radius 2 is 2.04 bits per heavy atom. The second-order valence-electron chi connectivity index (χ2n) is 6.36. The van der Waals surface area contributed by atoms with E-state index in [0.717, 1.165) is 36.1 Å². The highest BCUT2D eigenvalue weighted by atomic mass is 32.1. The molecule has 1 fully saturated rings. The van der Waals surface area contributed by atoms with E-state index in [-0.39, 0.29) is 5.82 Å². The van der Waals surface area contributed by atoms with Gasteiger partial charge < -0.3 is 4.90 Å². The Hall–Kier alpha value is -1.64. The number of rotatable bonds is 4. The van der Waals surface area contributed by atoms with Crippen molar-refractivity contribution >= 4 is 27.1 Å². The first-order valence-electron chi connectivity index (χ1n) is 8.14. The number of fused-ring (bicyclic) bond motifs is 1. The largest absolute Gasteiger partial charge is 0.367 e. The molecule has 1 aliphatic heterocycles. The zero-order chi connectivity index (χ0) is 16.4. The summed E-state index contributed by atoms with van der Waals surface area (Å²) in [4.78, 5) is 4.93. The second-order valence-corrected chi connectivity index (χ2v) is 7.28. The van der Waals surface area contributed by atoms with Crippen molar-refractivity contribution in [2.45, 2.75) is 38.8 Å². The molecule has 122 valence electrons. The molecule has 2 atom stereocenters. The van der Waals surface area contributed by atoms with Gasteiger partial charge in [0.1, 0.15) is 5.82 Å². The third kappa shape index (κ3) is 3.34. The molecule has 0 radical (unpaired) electrons. The molecule has 1 aliphatic rings. The number of thiophene rings is 1. The first-order valence-corrected chi connectivity index (χ1v) is 9.02.